The van der Waals surface area contributed by atoms with Crippen LogP contribution in [0.2, 0.25) is 0 Å². The molecule has 2 aromatic carbocycles. The first-order valence-corrected chi connectivity index (χ1v) is 8.72. The molecule has 1 heterocycles. The van der Waals surface area contributed by atoms with Crippen LogP contribution in [0.25, 0.3) is 5.69 Å². The van der Waals surface area contributed by atoms with Crippen molar-refractivity contribution in [2.24, 2.45) is 0 Å². The number of anilines is 1. The summed E-state index contributed by atoms with van der Waals surface area (Å²) in [5.74, 6) is -0.665. The molecule has 0 aliphatic rings. The highest BCUT2D eigenvalue weighted by Gasteiger charge is 2.10. The van der Waals surface area contributed by atoms with E-state index in [2.05, 4.69) is 20.8 Å². The van der Waals surface area contributed by atoms with Gasteiger partial charge in [-0.05, 0) is 46.8 Å². The number of carbonyl (C=O) groups excluding carboxylic acids is 1. The maximum atomic E-state index is 12.0. The predicted octanol–water partition coefficient (Wildman–Crippen LogP) is 2.48. The van der Waals surface area contributed by atoms with Gasteiger partial charge < -0.3 is 10.4 Å². The Morgan fingerprint density at radius 3 is 2.50 bits per heavy atom. The van der Waals surface area contributed by atoms with E-state index in [1.54, 1.807) is 16.8 Å². The summed E-state index contributed by atoms with van der Waals surface area (Å²) in [4.78, 5) is 22.8. The normalized spacial score (nSPS) is 10.5. The Balaban J connectivity index is 1.52. The summed E-state index contributed by atoms with van der Waals surface area (Å²) in [5, 5.41) is 23.8. The van der Waals surface area contributed by atoms with Crippen molar-refractivity contribution >= 4 is 29.3 Å². The van der Waals surface area contributed by atoms with Crippen LogP contribution in [0.4, 0.5) is 5.69 Å². The van der Waals surface area contributed by atoms with Crippen LogP contribution < -0.4 is 5.32 Å². The van der Waals surface area contributed by atoms with Gasteiger partial charge in [0.25, 0.3) is 0 Å². The summed E-state index contributed by atoms with van der Waals surface area (Å²) in [5.41, 5.74) is 1.58. The Kier molecular flexibility index (Phi) is 5.59. The largest absolute Gasteiger partial charge is 0.478 e. The van der Waals surface area contributed by atoms with Crippen molar-refractivity contribution in [2.45, 2.75) is 11.6 Å². The van der Waals surface area contributed by atoms with Gasteiger partial charge in [0.1, 0.15) is 0 Å². The molecule has 2 N–H and O–H groups in total. The lowest BCUT2D eigenvalue weighted by Gasteiger charge is -2.06. The summed E-state index contributed by atoms with van der Waals surface area (Å²) in [6.45, 7) is 0. The van der Waals surface area contributed by atoms with Crippen LogP contribution in [0.5, 0.6) is 0 Å². The molecule has 0 unspecified atom stereocenters. The molecule has 132 valence electrons. The van der Waals surface area contributed by atoms with E-state index in [1.165, 1.54) is 23.9 Å². The van der Waals surface area contributed by atoms with E-state index in [-0.39, 0.29) is 17.9 Å². The fourth-order valence-electron chi connectivity index (χ4n) is 2.15. The van der Waals surface area contributed by atoms with Gasteiger partial charge in [0, 0.05) is 17.9 Å². The third kappa shape index (κ3) is 4.45. The molecule has 1 aromatic heterocycles. The summed E-state index contributed by atoms with van der Waals surface area (Å²) in [7, 11) is 0. The number of carbonyl (C=O) groups is 2. The number of carboxylic acid groups (broad SMARTS) is 1. The number of tetrazole rings is 1. The van der Waals surface area contributed by atoms with E-state index < -0.39 is 5.97 Å². The average molecular weight is 369 g/mol. The van der Waals surface area contributed by atoms with Crippen molar-refractivity contribution in [3.63, 3.8) is 0 Å². The minimum absolute atomic E-state index is 0.167. The van der Waals surface area contributed by atoms with Gasteiger partial charge in [-0.15, -0.1) is 5.10 Å². The number of carboxylic acids is 1. The van der Waals surface area contributed by atoms with Gasteiger partial charge in [-0.3, -0.25) is 4.79 Å². The maximum Gasteiger partial charge on any atom is 0.335 e. The van der Waals surface area contributed by atoms with Gasteiger partial charge in [0.2, 0.25) is 11.1 Å². The van der Waals surface area contributed by atoms with Crippen LogP contribution in [0.1, 0.15) is 16.8 Å². The van der Waals surface area contributed by atoms with Gasteiger partial charge >= 0.3 is 5.97 Å². The van der Waals surface area contributed by atoms with E-state index in [9.17, 15) is 9.59 Å². The SMILES string of the molecule is O=C(CCSc1nnnn1-c1ccccc1)Nc1ccc(C(=O)O)cc1. The first-order valence-electron chi connectivity index (χ1n) is 7.73. The van der Waals surface area contributed by atoms with Crippen LogP contribution in [0.15, 0.2) is 59.8 Å². The van der Waals surface area contributed by atoms with Crippen molar-refractivity contribution in [1.29, 1.82) is 0 Å². The molecule has 1 amide bonds. The fraction of sp³-hybridized carbons (Fsp3) is 0.118. The topological polar surface area (TPSA) is 110 Å². The standard InChI is InChI=1S/C17H15N5O3S/c23-15(18-13-8-6-12(7-9-13)16(24)25)10-11-26-17-19-20-21-22(17)14-4-2-1-3-5-14/h1-9H,10-11H2,(H,18,23)(H,24,25). The molecule has 3 rings (SSSR count). The second-order valence-electron chi connectivity index (χ2n) is 5.24. The Hall–Kier alpha value is -3.20. The van der Waals surface area contributed by atoms with E-state index >= 15 is 0 Å². The molecule has 0 spiro atoms. The summed E-state index contributed by atoms with van der Waals surface area (Å²) in [6, 6.07) is 15.5. The molecule has 9 heteroatoms. The number of hydrogen-bond donors (Lipinski definition) is 2. The summed E-state index contributed by atoms with van der Waals surface area (Å²) < 4.78 is 1.62. The lowest BCUT2D eigenvalue weighted by atomic mass is 10.2. The molecule has 0 saturated carbocycles. The quantitative estimate of drug-likeness (QED) is 0.616. The fourth-order valence-corrected chi connectivity index (χ4v) is 2.98. The first kappa shape index (κ1) is 17.6. The zero-order chi connectivity index (χ0) is 18.4. The van der Waals surface area contributed by atoms with Gasteiger partial charge in [-0.25, -0.2) is 4.79 Å². The van der Waals surface area contributed by atoms with Crippen molar-refractivity contribution in [3.05, 3.63) is 60.2 Å². The molecule has 0 fully saturated rings. The van der Waals surface area contributed by atoms with Gasteiger partial charge in [0.05, 0.1) is 11.3 Å². The van der Waals surface area contributed by atoms with Crippen LogP contribution >= 0.6 is 11.8 Å². The van der Waals surface area contributed by atoms with Crippen LogP contribution in [-0.2, 0) is 4.79 Å². The molecular weight excluding hydrogens is 354 g/mol. The third-order valence-electron chi connectivity index (χ3n) is 3.42. The number of aromatic carboxylic acids is 1. The van der Waals surface area contributed by atoms with E-state index in [4.69, 9.17) is 5.11 Å². The molecule has 0 aliphatic heterocycles. The molecule has 0 radical (unpaired) electrons. The van der Waals surface area contributed by atoms with Crippen LogP contribution in [0.3, 0.4) is 0 Å². The van der Waals surface area contributed by atoms with Gasteiger partial charge in [-0.1, -0.05) is 30.0 Å². The number of hydrogen-bond acceptors (Lipinski definition) is 6. The summed E-state index contributed by atoms with van der Waals surface area (Å²) in [6.07, 6.45) is 0.271. The van der Waals surface area contributed by atoms with Crippen molar-refractivity contribution in [2.75, 3.05) is 11.1 Å². The number of aromatic nitrogens is 4. The molecule has 0 atom stereocenters. The van der Waals surface area contributed by atoms with Gasteiger partial charge in [-0.2, -0.15) is 4.68 Å². The smallest absolute Gasteiger partial charge is 0.335 e. The predicted molar refractivity (Wildman–Crippen MR) is 96.5 cm³/mol. The Morgan fingerprint density at radius 2 is 1.81 bits per heavy atom. The zero-order valence-corrected chi connectivity index (χ0v) is 14.4. The number of nitrogens with zero attached hydrogens (tertiary/aromatic N) is 4. The third-order valence-corrected chi connectivity index (χ3v) is 4.34. The van der Waals surface area contributed by atoms with Crippen molar-refractivity contribution in [3.8, 4) is 5.69 Å². The van der Waals surface area contributed by atoms with Crippen LogP contribution in [0, 0.1) is 0 Å². The number of amides is 1. The highest BCUT2D eigenvalue weighted by atomic mass is 32.2. The summed E-state index contributed by atoms with van der Waals surface area (Å²) >= 11 is 1.38. The molecule has 0 saturated heterocycles. The zero-order valence-electron chi connectivity index (χ0n) is 13.6. The number of nitrogens with one attached hydrogen (secondary N) is 1. The molecular formula is C17H15N5O3S. The molecule has 0 aliphatic carbocycles. The maximum absolute atomic E-state index is 12.0. The Bertz CT molecular complexity index is 896. The molecule has 26 heavy (non-hydrogen) atoms. The number of thioether (sulfide) groups is 1. The van der Waals surface area contributed by atoms with Gasteiger partial charge in [0.15, 0.2) is 0 Å². The van der Waals surface area contributed by atoms with E-state index in [1.807, 2.05) is 30.3 Å². The van der Waals surface area contributed by atoms with Crippen molar-refractivity contribution in [1.82, 2.24) is 20.2 Å². The number of benzene rings is 2. The van der Waals surface area contributed by atoms with Crippen molar-refractivity contribution < 1.29 is 14.7 Å². The van der Waals surface area contributed by atoms with Crippen LogP contribution in [-0.4, -0.2) is 42.9 Å². The lowest BCUT2D eigenvalue weighted by Crippen LogP contribution is -2.12. The average Bonchev–Trinajstić information content (AvgIpc) is 3.11. The number of rotatable bonds is 7. The monoisotopic (exact) mass is 369 g/mol. The highest BCUT2D eigenvalue weighted by Crippen LogP contribution is 2.19. The Labute approximate surface area is 153 Å². The van der Waals surface area contributed by atoms with E-state index in [0.717, 1.165) is 5.69 Å². The minimum atomic E-state index is -1.00. The molecule has 3 aromatic rings. The molecule has 0 bridgehead atoms. The second kappa shape index (κ2) is 8.26. The number of para-hydroxylation sites is 1. The lowest BCUT2D eigenvalue weighted by molar-refractivity contribution is -0.115. The minimum Gasteiger partial charge on any atom is -0.478 e. The van der Waals surface area contributed by atoms with E-state index in [0.29, 0.717) is 16.6 Å². The molecule has 8 nitrogen and oxygen atoms in total. The second-order valence-corrected chi connectivity index (χ2v) is 6.30. The highest BCUT2D eigenvalue weighted by molar-refractivity contribution is 7.99. The Morgan fingerprint density at radius 1 is 1.08 bits per heavy atom. The first-order chi connectivity index (χ1) is 12.6.